The quantitative estimate of drug-likeness (QED) is 0.572. The smallest absolute Gasteiger partial charge is 0.357 e. The predicted molar refractivity (Wildman–Crippen MR) is 110 cm³/mol. The standard InChI is InChI=1S/C22H31N3O3/c1-3-5-7-8-9-15-28-18-12-13-19-17(16-18)11-14-20-23-25(22(27)24(19)20)21(26)10-6-4-2/h12-13,16H,3-11,14-15H2,1-2H3. The van der Waals surface area contributed by atoms with Crippen molar-refractivity contribution in [2.75, 3.05) is 6.61 Å². The second-order valence-corrected chi connectivity index (χ2v) is 7.50. The third kappa shape index (κ3) is 4.54. The summed E-state index contributed by atoms with van der Waals surface area (Å²) in [6.45, 7) is 4.96. The number of fused-ring (bicyclic) bond motifs is 3. The van der Waals surface area contributed by atoms with E-state index in [4.69, 9.17) is 4.74 Å². The lowest BCUT2D eigenvalue weighted by molar-refractivity contribution is 0.0878. The number of rotatable bonds is 10. The lowest BCUT2D eigenvalue weighted by Crippen LogP contribution is -2.30. The summed E-state index contributed by atoms with van der Waals surface area (Å²) in [5.74, 6) is 1.28. The Morgan fingerprint density at radius 2 is 1.86 bits per heavy atom. The van der Waals surface area contributed by atoms with Crippen molar-refractivity contribution in [3.8, 4) is 11.4 Å². The van der Waals surface area contributed by atoms with Crippen LogP contribution >= 0.6 is 0 Å². The zero-order valence-electron chi connectivity index (χ0n) is 17.1. The summed E-state index contributed by atoms with van der Waals surface area (Å²) in [7, 11) is 0. The van der Waals surface area contributed by atoms with E-state index in [1.807, 2.05) is 25.1 Å². The molecule has 0 radical (unpaired) electrons. The monoisotopic (exact) mass is 385 g/mol. The maximum atomic E-state index is 12.8. The van der Waals surface area contributed by atoms with Gasteiger partial charge in [0.15, 0.2) is 0 Å². The van der Waals surface area contributed by atoms with Crippen LogP contribution in [0.1, 0.15) is 81.4 Å². The number of ether oxygens (including phenoxy) is 1. The molecular formula is C22H31N3O3. The van der Waals surface area contributed by atoms with Crippen molar-refractivity contribution in [1.29, 1.82) is 0 Å². The minimum absolute atomic E-state index is 0.224. The fourth-order valence-corrected chi connectivity index (χ4v) is 3.62. The molecule has 1 aliphatic heterocycles. The molecule has 6 nitrogen and oxygen atoms in total. The third-order valence-electron chi connectivity index (χ3n) is 5.25. The first-order valence-electron chi connectivity index (χ1n) is 10.7. The van der Waals surface area contributed by atoms with Crippen LogP contribution in [0.25, 0.3) is 5.69 Å². The van der Waals surface area contributed by atoms with E-state index in [9.17, 15) is 9.59 Å². The van der Waals surface area contributed by atoms with E-state index in [-0.39, 0.29) is 11.6 Å². The SMILES string of the molecule is CCCCCCCOc1ccc2c(c1)CCc1nn(C(=O)CCCC)c(=O)n1-2. The highest BCUT2D eigenvalue weighted by Gasteiger charge is 2.24. The lowest BCUT2D eigenvalue weighted by atomic mass is 10.0. The van der Waals surface area contributed by atoms with Gasteiger partial charge in [-0.3, -0.25) is 4.79 Å². The molecule has 0 spiro atoms. The molecule has 0 fully saturated rings. The molecule has 0 N–H and O–H groups in total. The van der Waals surface area contributed by atoms with Crippen LogP contribution < -0.4 is 10.4 Å². The zero-order valence-corrected chi connectivity index (χ0v) is 17.1. The van der Waals surface area contributed by atoms with Crippen molar-refractivity contribution < 1.29 is 9.53 Å². The molecule has 0 aliphatic carbocycles. The van der Waals surface area contributed by atoms with E-state index < -0.39 is 0 Å². The van der Waals surface area contributed by atoms with Gasteiger partial charge in [-0.05, 0) is 43.0 Å². The van der Waals surface area contributed by atoms with Gasteiger partial charge in [0.05, 0.1) is 12.3 Å². The Labute approximate surface area is 166 Å². The molecule has 0 amide bonds. The van der Waals surface area contributed by atoms with E-state index >= 15 is 0 Å². The first-order valence-corrected chi connectivity index (χ1v) is 10.7. The number of hydrogen-bond acceptors (Lipinski definition) is 4. The van der Waals surface area contributed by atoms with Crippen LogP contribution in [-0.4, -0.2) is 26.9 Å². The van der Waals surface area contributed by atoms with Crippen LogP contribution in [0.3, 0.4) is 0 Å². The number of aryl methyl sites for hydroxylation is 2. The number of benzene rings is 1. The van der Waals surface area contributed by atoms with Gasteiger partial charge in [-0.25, -0.2) is 9.36 Å². The van der Waals surface area contributed by atoms with Crippen LogP contribution in [0.5, 0.6) is 5.75 Å². The lowest BCUT2D eigenvalue weighted by Gasteiger charge is -2.18. The zero-order chi connectivity index (χ0) is 19.9. The van der Waals surface area contributed by atoms with Crippen LogP contribution in [0.4, 0.5) is 0 Å². The molecule has 2 aromatic rings. The minimum atomic E-state index is -0.360. The van der Waals surface area contributed by atoms with Gasteiger partial charge in [-0.1, -0.05) is 46.0 Å². The number of carbonyl (C=O) groups excluding carboxylic acids is 1. The molecule has 3 rings (SSSR count). The van der Waals surface area contributed by atoms with Gasteiger partial charge in [0.1, 0.15) is 11.6 Å². The molecule has 0 bridgehead atoms. The Kier molecular flexibility index (Phi) is 7.06. The van der Waals surface area contributed by atoms with Gasteiger partial charge in [0.2, 0.25) is 0 Å². The summed E-state index contributed by atoms with van der Waals surface area (Å²) in [4.78, 5) is 25.1. The largest absolute Gasteiger partial charge is 0.494 e. The van der Waals surface area contributed by atoms with Gasteiger partial charge in [0.25, 0.3) is 5.91 Å². The number of aromatic nitrogens is 3. The van der Waals surface area contributed by atoms with E-state index in [2.05, 4.69) is 12.0 Å². The number of hydrogen-bond donors (Lipinski definition) is 0. The Morgan fingerprint density at radius 1 is 1.07 bits per heavy atom. The highest BCUT2D eigenvalue weighted by molar-refractivity contribution is 5.77. The third-order valence-corrected chi connectivity index (χ3v) is 5.25. The molecule has 152 valence electrons. The van der Waals surface area contributed by atoms with Crippen molar-refractivity contribution in [2.24, 2.45) is 0 Å². The highest BCUT2D eigenvalue weighted by Crippen LogP contribution is 2.26. The van der Waals surface area contributed by atoms with Crippen molar-refractivity contribution in [3.05, 3.63) is 40.1 Å². The number of nitrogens with zero attached hydrogens (tertiary/aromatic N) is 3. The van der Waals surface area contributed by atoms with Crippen molar-refractivity contribution in [1.82, 2.24) is 14.3 Å². The summed E-state index contributed by atoms with van der Waals surface area (Å²) in [6.07, 6.45) is 9.52. The van der Waals surface area contributed by atoms with E-state index in [1.54, 1.807) is 4.57 Å². The van der Waals surface area contributed by atoms with E-state index in [0.29, 0.717) is 18.7 Å². The van der Waals surface area contributed by atoms with Crippen molar-refractivity contribution >= 4 is 5.91 Å². The molecule has 2 heterocycles. The molecular weight excluding hydrogens is 354 g/mol. The van der Waals surface area contributed by atoms with Crippen LogP contribution in [-0.2, 0) is 12.8 Å². The number of carbonyl (C=O) groups is 1. The Balaban J connectivity index is 1.71. The van der Waals surface area contributed by atoms with Crippen LogP contribution in [0.2, 0.25) is 0 Å². The van der Waals surface area contributed by atoms with E-state index in [1.165, 1.54) is 25.7 Å². The van der Waals surface area contributed by atoms with Crippen LogP contribution in [0.15, 0.2) is 23.0 Å². The fourth-order valence-electron chi connectivity index (χ4n) is 3.62. The summed E-state index contributed by atoms with van der Waals surface area (Å²) in [6, 6.07) is 5.84. The molecule has 0 saturated heterocycles. The predicted octanol–water partition coefficient (Wildman–Crippen LogP) is 4.31. The van der Waals surface area contributed by atoms with E-state index in [0.717, 1.165) is 54.0 Å². The maximum absolute atomic E-state index is 12.8. The summed E-state index contributed by atoms with van der Waals surface area (Å²) < 4.78 is 8.52. The van der Waals surface area contributed by atoms with Crippen LogP contribution in [0, 0.1) is 0 Å². The topological polar surface area (TPSA) is 66.1 Å². The average molecular weight is 386 g/mol. The van der Waals surface area contributed by atoms with Crippen molar-refractivity contribution in [3.63, 3.8) is 0 Å². The molecule has 0 saturated carbocycles. The summed E-state index contributed by atoms with van der Waals surface area (Å²) in [5.41, 5.74) is 1.52. The molecule has 1 aromatic carbocycles. The average Bonchev–Trinajstić information content (AvgIpc) is 3.05. The second kappa shape index (κ2) is 9.71. The van der Waals surface area contributed by atoms with Gasteiger partial charge in [-0.15, -0.1) is 9.78 Å². The summed E-state index contributed by atoms with van der Waals surface area (Å²) >= 11 is 0. The molecule has 1 aromatic heterocycles. The van der Waals surface area contributed by atoms with Gasteiger partial charge in [0, 0.05) is 12.8 Å². The van der Waals surface area contributed by atoms with Crippen molar-refractivity contribution in [2.45, 2.75) is 78.1 Å². The Hall–Kier alpha value is -2.37. The Bertz CT molecular complexity index is 866. The first kappa shape index (κ1) is 20.4. The molecule has 28 heavy (non-hydrogen) atoms. The van der Waals surface area contributed by atoms with Gasteiger partial charge in [-0.2, -0.15) is 0 Å². The van der Waals surface area contributed by atoms with Gasteiger partial charge < -0.3 is 4.74 Å². The molecule has 0 atom stereocenters. The summed E-state index contributed by atoms with van der Waals surface area (Å²) in [5, 5.41) is 4.30. The second-order valence-electron chi connectivity index (χ2n) is 7.50. The number of unbranched alkanes of at least 4 members (excludes halogenated alkanes) is 5. The maximum Gasteiger partial charge on any atom is 0.357 e. The first-order chi connectivity index (χ1) is 13.7. The highest BCUT2D eigenvalue weighted by atomic mass is 16.5. The normalized spacial score (nSPS) is 12.5. The van der Waals surface area contributed by atoms with Gasteiger partial charge >= 0.3 is 5.69 Å². The minimum Gasteiger partial charge on any atom is -0.494 e. The molecule has 0 unspecified atom stereocenters. The fraction of sp³-hybridized carbons (Fsp3) is 0.591. The molecule has 6 heteroatoms. The Morgan fingerprint density at radius 3 is 2.64 bits per heavy atom. The molecule has 1 aliphatic rings.